The van der Waals surface area contributed by atoms with E-state index in [0.717, 1.165) is 6.42 Å². The predicted molar refractivity (Wildman–Crippen MR) is 79.0 cm³/mol. The summed E-state index contributed by atoms with van der Waals surface area (Å²) in [6.07, 6.45) is 7.59. The molecule has 0 aromatic rings. The number of hydrogen-bond acceptors (Lipinski definition) is 2. The van der Waals surface area contributed by atoms with E-state index >= 15 is 0 Å². The molecule has 1 N–H and O–H groups in total. The molecule has 0 radical (unpaired) electrons. The molecule has 1 fully saturated rings. The third-order valence-electron chi connectivity index (χ3n) is 4.05. The zero-order valence-corrected chi connectivity index (χ0v) is 13.3. The summed E-state index contributed by atoms with van der Waals surface area (Å²) < 4.78 is 6.17. The van der Waals surface area contributed by atoms with Crippen LogP contribution in [0.15, 0.2) is 0 Å². The first kappa shape index (κ1) is 16.0. The van der Waals surface area contributed by atoms with E-state index in [1.54, 1.807) is 0 Å². The summed E-state index contributed by atoms with van der Waals surface area (Å²) >= 11 is 0. The van der Waals surface area contributed by atoms with E-state index in [1.165, 1.54) is 32.1 Å². The number of unbranched alkanes of at least 4 members (excludes halogenated alkanes) is 1. The Balaban J connectivity index is 2.57. The van der Waals surface area contributed by atoms with Gasteiger partial charge in [0.05, 0.1) is 11.2 Å². The predicted octanol–water partition coefficient (Wildman–Crippen LogP) is 4.28. The van der Waals surface area contributed by atoms with Crippen molar-refractivity contribution >= 4 is 0 Å². The van der Waals surface area contributed by atoms with Crippen LogP contribution in [0.25, 0.3) is 0 Å². The van der Waals surface area contributed by atoms with Crippen molar-refractivity contribution in [3.8, 4) is 0 Å². The van der Waals surface area contributed by atoms with E-state index in [0.29, 0.717) is 12.1 Å². The van der Waals surface area contributed by atoms with Gasteiger partial charge < -0.3 is 10.1 Å². The van der Waals surface area contributed by atoms with Gasteiger partial charge in [-0.05, 0) is 47.0 Å². The molecule has 0 bridgehead atoms. The van der Waals surface area contributed by atoms with Crippen molar-refractivity contribution in [1.82, 2.24) is 5.32 Å². The Morgan fingerprint density at radius 1 is 1.11 bits per heavy atom. The van der Waals surface area contributed by atoms with Gasteiger partial charge in [0.1, 0.15) is 0 Å². The lowest BCUT2D eigenvalue weighted by molar-refractivity contribution is -0.0705. The smallest absolute Gasteiger partial charge is 0.0787 e. The van der Waals surface area contributed by atoms with Crippen LogP contribution in [0.3, 0.4) is 0 Å². The van der Waals surface area contributed by atoms with Crippen molar-refractivity contribution in [1.29, 1.82) is 0 Å². The van der Waals surface area contributed by atoms with Gasteiger partial charge in [0.25, 0.3) is 0 Å². The fraction of sp³-hybridized carbons (Fsp3) is 1.00. The van der Waals surface area contributed by atoms with Crippen molar-refractivity contribution < 1.29 is 4.74 Å². The Bertz CT molecular complexity index is 247. The Morgan fingerprint density at radius 2 is 1.78 bits per heavy atom. The second-order valence-electron chi connectivity index (χ2n) is 7.02. The minimum absolute atomic E-state index is 0.0166. The van der Waals surface area contributed by atoms with Crippen LogP contribution in [0.4, 0.5) is 0 Å². The van der Waals surface area contributed by atoms with Gasteiger partial charge in [-0.1, -0.05) is 33.1 Å². The second kappa shape index (κ2) is 6.38. The summed E-state index contributed by atoms with van der Waals surface area (Å²) in [5.74, 6) is 0. The first-order valence-corrected chi connectivity index (χ1v) is 7.77. The lowest BCUT2D eigenvalue weighted by atomic mass is 9.92. The maximum Gasteiger partial charge on any atom is 0.0787 e. The quantitative estimate of drug-likeness (QED) is 0.733. The fourth-order valence-corrected chi connectivity index (χ4v) is 3.22. The highest BCUT2D eigenvalue weighted by molar-refractivity contribution is 4.99. The average molecular weight is 255 g/mol. The molecule has 0 aromatic heterocycles. The van der Waals surface area contributed by atoms with Crippen LogP contribution in [0.2, 0.25) is 0 Å². The zero-order valence-electron chi connectivity index (χ0n) is 13.3. The van der Waals surface area contributed by atoms with Gasteiger partial charge in [0.2, 0.25) is 0 Å². The number of hydrogen-bond donors (Lipinski definition) is 1. The van der Waals surface area contributed by atoms with Gasteiger partial charge in [-0.3, -0.25) is 0 Å². The summed E-state index contributed by atoms with van der Waals surface area (Å²) in [6, 6.07) is 1.15. The van der Waals surface area contributed by atoms with Crippen molar-refractivity contribution in [2.45, 2.75) is 103 Å². The molecular weight excluding hydrogens is 222 g/mol. The maximum absolute atomic E-state index is 6.17. The SMILES string of the molecule is CCCCC(CCC)NC1CC(C)(C)OC1(C)C. The standard InChI is InChI=1S/C16H33NO/c1-7-9-11-13(10-8-2)17-14-12-15(3,4)18-16(14,5)6/h13-14,17H,7-12H2,1-6H3. The Morgan fingerprint density at radius 3 is 2.22 bits per heavy atom. The summed E-state index contributed by atoms with van der Waals surface area (Å²) in [4.78, 5) is 0. The number of nitrogens with one attached hydrogen (secondary N) is 1. The molecule has 108 valence electrons. The molecule has 2 unspecified atom stereocenters. The Labute approximate surface area is 114 Å². The van der Waals surface area contributed by atoms with Crippen LogP contribution in [0.5, 0.6) is 0 Å². The van der Waals surface area contributed by atoms with Gasteiger partial charge >= 0.3 is 0 Å². The highest BCUT2D eigenvalue weighted by atomic mass is 16.5. The summed E-state index contributed by atoms with van der Waals surface area (Å²) in [7, 11) is 0. The van der Waals surface area contributed by atoms with Gasteiger partial charge in [-0.25, -0.2) is 0 Å². The maximum atomic E-state index is 6.17. The molecule has 2 nitrogen and oxygen atoms in total. The molecule has 0 amide bonds. The van der Waals surface area contributed by atoms with Crippen molar-refractivity contribution in [2.75, 3.05) is 0 Å². The summed E-state index contributed by atoms with van der Waals surface area (Å²) in [5, 5.41) is 3.87. The summed E-state index contributed by atoms with van der Waals surface area (Å²) in [5.41, 5.74) is -0.0234. The third-order valence-corrected chi connectivity index (χ3v) is 4.05. The lowest BCUT2D eigenvalue weighted by Gasteiger charge is -2.31. The van der Waals surface area contributed by atoms with Gasteiger partial charge in [0.15, 0.2) is 0 Å². The van der Waals surface area contributed by atoms with Crippen LogP contribution >= 0.6 is 0 Å². The third kappa shape index (κ3) is 4.55. The van der Waals surface area contributed by atoms with E-state index in [1.807, 2.05) is 0 Å². The van der Waals surface area contributed by atoms with E-state index in [2.05, 4.69) is 46.9 Å². The largest absolute Gasteiger partial charge is 0.368 e. The van der Waals surface area contributed by atoms with Crippen LogP contribution in [-0.2, 0) is 4.74 Å². The Hall–Kier alpha value is -0.0800. The topological polar surface area (TPSA) is 21.3 Å². The molecule has 2 atom stereocenters. The molecule has 1 aliphatic rings. The van der Waals surface area contributed by atoms with E-state index in [-0.39, 0.29) is 11.2 Å². The first-order chi connectivity index (χ1) is 8.30. The highest BCUT2D eigenvalue weighted by Gasteiger charge is 2.46. The van der Waals surface area contributed by atoms with Gasteiger partial charge in [0, 0.05) is 12.1 Å². The molecule has 2 heteroatoms. The molecule has 0 aromatic carbocycles. The van der Waals surface area contributed by atoms with Crippen molar-refractivity contribution in [3.05, 3.63) is 0 Å². The average Bonchev–Trinajstić information content (AvgIpc) is 2.43. The molecule has 1 aliphatic heterocycles. The van der Waals surface area contributed by atoms with Gasteiger partial charge in [-0.2, -0.15) is 0 Å². The van der Waals surface area contributed by atoms with Crippen LogP contribution in [0, 0.1) is 0 Å². The monoisotopic (exact) mass is 255 g/mol. The number of rotatable bonds is 7. The lowest BCUT2D eigenvalue weighted by Crippen LogP contribution is -2.48. The van der Waals surface area contributed by atoms with Crippen molar-refractivity contribution in [3.63, 3.8) is 0 Å². The fourth-order valence-electron chi connectivity index (χ4n) is 3.22. The second-order valence-corrected chi connectivity index (χ2v) is 7.02. The number of ether oxygens (including phenoxy) is 1. The molecule has 1 rings (SSSR count). The van der Waals surface area contributed by atoms with Gasteiger partial charge in [-0.15, -0.1) is 0 Å². The normalized spacial score (nSPS) is 27.3. The van der Waals surface area contributed by atoms with Crippen LogP contribution in [0.1, 0.15) is 80.1 Å². The summed E-state index contributed by atoms with van der Waals surface area (Å²) in [6.45, 7) is 13.4. The highest BCUT2D eigenvalue weighted by Crippen LogP contribution is 2.37. The van der Waals surface area contributed by atoms with E-state index < -0.39 is 0 Å². The molecule has 0 aliphatic carbocycles. The molecule has 1 heterocycles. The van der Waals surface area contributed by atoms with E-state index in [9.17, 15) is 0 Å². The molecule has 18 heavy (non-hydrogen) atoms. The molecule has 0 saturated carbocycles. The van der Waals surface area contributed by atoms with Crippen LogP contribution < -0.4 is 5.32 Å². The molecule has 1 saturated heterocycles. The molecule has 0 spiro atoms. The minimum atomic E-state index is -0.0400. The first-order valence-electron chi connectivity index (χ1n) is 7.77. The Kier molecular flexibility index (Phi) is 5.67. The molecular formula is C16H33NO. The van der Waals surface area contributed by atoms with Crippen molar-refractivity contribution in [2.24, 2.45) is 0 Å². The minimum Gasteiger partial charge on any atom is -0.368 e. The zero-order chi connectivity index (χ0) is 13.8. The van der Waals surface area contributed by atoms with Crippen LogP contribution in [-0.4, -0.2) is 23.3 Å². The van der Waals surface area contributed by atoms with E-state index in [4.69, 9.17) is 4.74 Å².